The van der Waals surface area contributed by atoms with Crippen LogP contribution in [0.4, 0.5) is 0 Å². The molecule has 0 radical (unpaired) electrons. The highest BCUT2D eigenvalue weighted by Crippen LogP contribution is 2.45. The number of nitrogens with zero attached hydrogens (tertiary/aromatic N) is 1. The number of carbonyl (C=O) groups is 2. The zero-order valence-electron chi connectivity index (χ0n) is 16.0. The summed E-state index contributed by atoms with van der Waals surface area (Å²) < 4.78 is 5.79. The van der Waals surface area contributed by atoms with Crippen LogP contribution in [-0.2, 0) is 15.1 Å². The second kappa shape index (κ2) is 8.43. The molecule has 0 N–H and O–H groups in total. The second-order valence-corrected chi connectivity index (χ2v) is 6.39. The molecular formula is C22H21NO5. The Morgan fingerprint density at radius 3 is 2.54 bits per heavy atom. The van der Waals surface area contributed by atoms with E-state index >= 15 is 0 Å². The summed E-state index contributed by atoms with van der Waals surface area (Å²) in [5, 5.41) is 10.6. The third kappa shape index (κ3) is 4.06. The number of hydrogen-bond acceptors (Lipinski definition) is 5. The molecule has 0 spiro atoms. The summed E-state index contributed by atoms with van der Waals surface area (Å²) >= 11 is 0. The van der Waals surface area contributed by atoms with Crippen LogP contribution in [0.2, 0.25) is 0 Å². The van der Waals surface area contributed by atoms with Gasteiger partial charge in [0, 0.05) is 33.9 Å². The lowest BCUT2D eigenvalue weighted by Crippen LogP contribution is -2.39. The first-order chi connectivity index (χ1) is 13.2. The number of esters is 1. The number of rotatable bonds is 5. The van der Waals surface area contributed by atoms with E-state index in [-0.39, 0.29) is 16.9 Å². The molecule has 144 valence electrons. The Hall–Kier alpha value is -3.54. The van der Waals surface area contributed by atoms with Crippen molar-refractivity contribution in [3.63, 3.8) is 0 Å². The van der Waals surface area contributed by atoms with Crippen molar-refractivity contribution in [1.29, 1.82) is 0 Å². The fourth-order valence-corrected chi connectivity index (χ4v) is 2.97. The van der Waals surface area contributed by atoms with E-state index in [9.17, 15) is 19.7 Å². The van der Waals surface area contributed by atoms with E-state index in [1.54, 1.807) is 49.4 Å². The van der Waals surface area contributed by atoms with Gasteiger partial charge < -0.3 is 4.74 Å². The minimum Gasteiger partial charge on any atom is -0.446 e. The Labute approximate surface area is 163 Å². The van der Waals surface area contributed by atoms with Gasteiger partial charge in [-0.25, -0.2) is 4.79 Å². The maximum Gasteiger partial charge on any atom is 0.334 e. The number of Topliss-reactive ketones (excluding diaryl/α,β-unsaturated/α-hetero) is 1. The monoisotopic (exact) mass is 379 g/mol. The van der Waals surface area contributed by atoms with Gasteiger partial charge in [-0.2, -0.15) is 0 Å². The van der Waals surface area contributed by atoms with Crippen molar-refractivity contribution in [3.8, 4) is 0 Å². The minimum atomic E-state index is -1.27. The molecule has 0 saturated heterocycles. The largest absolute Gasteiger partial charge is 0.446 e. The topological polar surface area (TPSA) is 86.5 Å². The van der Waals surface area contributed by atoms with Gasteiger partial charge in [-0.1, -0.05) is 49.1 Å². The molecule has 1 aromatic carbocycles. The van der Waals surface area contributed by atoms with Crippen LogP contribution in [0.1, 0.15) is 36.7 Å². The van der Waals surface area contributed by atoms with Gasteiger partial charge in [-0.05, 0) is 26.8 Å². The summed E-state index contributed by atoms with van der Waals surface area (Å²) in [6, 6.07) is 6.84. The van der Waals surface area contributed by atoms with Gasteiger partial charge in [0.05, 0.1) is 4.92 Å². The first kappa shape index (κ1) is 20.8. The highest BCUT2D eigenvalue weighted by Gasteiger charge is 2.45. The molecule has 6 nitrogen and oxygen atoms in total. The van der Waals surface area contributed by atoms with Crippen LogP contribution in [0, 0.1) is 10.1 Å². The van der Waals surface area contributed by atoms with Crippen molar-refractivity contribution in [2.24, 2.45) is 0 Å². The van der Waals surface area contributed by atoms with Crippen molar-refractivity contribution >= 4 is 11.8 Å². The Morgan fingerprint density at radius 1 is 1.25 bits per heavy atom. The van der Waals surface area contributed by atoms with E-state index in [4.69, 9.17) is 4.74 Å². The van der Waals surface area contributed by atoms with E-state index in [0.29, 0.717) is 16.7 Å². The molecule has 0 heterocycles. The molecular weight excluding hydrogens is 358 g/mol. The second-order valence-electron chi connectivity index (χ2n) is 6.39. The van der Waals surface area contributed by atoms with Crippen molar-refractivity contribution in [1.82, 2.24) is 0 Å². The van der Waals surface area contributed by atoms with Crippen molar-refractivity contribution < 1.29 is 19.2 Å². The lowest BCUT2D eigenvalue weighted by Gasteiger charge is -2.38. The zero-order chi connectivity index (χ0) is 20.9. The zero-order valence-corrected chi connectivity index (χ0v) is 16.0. The van der Waals surface area contributed by atoms with E-state index in [1.165, 1.54) is 19.1 Å². The van der Waals surface area contributed by atoms with Crippen LogP contribution in [0.25, 0.3) is 0 Å². The van der Waals surface area contributed by atoms with E-state index < -0.39 is 16.5 Å². The first-order valence-corrected chi connectivity index (χ1v) is 8.61. The molecule has 1 aliphatic carbocycles. The average molecular weight is 379 g/mol. The minimum absolute atomic E-state index is 0.215. The molecule has 0 fully saturated rings. The molecule has 6 heteroatoms. The van der Waals surface area contributed by atoms with Crippen LogP contribution in [0.15, 0.2) is 84.1 Å². The van der Waals surface area contributed by atoms with Crippen LogP contribution in [0.3, 0.4) is 0 Å². The van der Waals surface area contributed by atoms with Gasteiger partial charge in [0.15, 0.2) is 11.4 Å². The van der Waals surface area contributed by atoms with Gasteiger partial charge in [0.25, 0.3) is 0 Å². The molecule has 1 unspecified atom stereocenters. The molecule has 1 aromatic rings. The number of benzene rings is 1. The summed E-state index contributed by atoms with van der Waals surface area (Å²) in [6.45, 7) is 8.66. The molecule has 0 amide bonds. The van der Waals surface area contributed by atoms with Crippen LogP contribution >= 0.6 is 0 Å². The standard InChI is InChI=1S/C22H21NO5/c1-5-6-12-18-17(11-9-14-23(26)27)20(24)16-10-7-8-13-19(16)22(18,4)28-21(25)15(2)3/h5-14H,2H2,1,3-4H3/b6-5-,14-9+,17-11+,18-12+. The molecule has 28 heavy (non-hydrogen) atoms. The highest BCUT2D eigenvalue weighted by atomic mass is 16.6. The number of hydrogen-bond donors (Lipinski definition) is 0. The summed E-state index contributed by atoms with van der Waals surface area (Å²) in [5.74, 6) is -0.901. The first-order valence-electron chi connectivity index (χ1n) is 8.61. The number of allylic oxidation sites excluding steroid dienone is 5. The number of fused-ring (bicyclic) bond motifs is 1. The van der Waals surface area contributed by atoms with E-state index in [2.05, 4.69) is 6.58 Å². The van der Waals surface area contributed by atoms with Crippen molar-refractivity contribution in [3.05, 3.63) is 105 Å². The van der Waals surface area contributed by atoms with Crippen molar-refractivity contribution in [2.45, 2.75) is 26.4 Å². The van der Waals surface area contributed by atoms with Crippen LogP contribution < -0.4 is 0 Å². The van der Waals surface area contributed by atoms with Crippen molar-refractivity contribution in [2.75, 3.05) is 0 Å². The summed E-state index contributed by atoms with van der Waals surface area (Å²) in [4.78, 5) is 35.4. The molecule has 1 atom stereocenters. The molecule has 1 aliphatic rings. The van der Waals surface area contributed by atoms with Gasteiger partial charge in [0.1, 0.15) is 0 Å². The van der Waals surface area contributed by atoms with Crippen LogP contribution in [-0.4, -0.2) is 16.7 Å². The van der Waals surface area contributed by atoms with Gasteiger partial charge in [-0.3, -0.25) is 14.9 Å². The SMILES string of the molecule is C=C(C)C(=O)OC1(C)C(=C/C=C\C)/C(=C\C=C\[N+](=O)[O-])C(=O)c2ccccc21. The predicted molar refractivity (Wildman–Crippen MR) is 106 cm³/mol. The maximum atomic E-state index is 13.1. The van der Waals surface area contributed by atoms with Gasteiger partial charge >= 0.3 is 5.97 Å². The Morgan fingerprint density at radius 2 is 1.93 bits per heavy atom. The van der Waals surface area contributed by atoms with E-state index in [1.807, 2.05) is 6.92 Å². The Kier molecular flexibility index (Phi) is 6.26. The molecule has 0 aromatic heterocycles. The Balaban J connectivity index is 2.79. The average Bonchev–Trinajstić information content (AvgIpc) is 2.65. The Bertz CT molecular complexity index is 965. The third-order valence-electron chi connectivity index (χ3n) is 4.31. The van der Waals surface area contributed by atoms with Gasteiger partial charge in [0.2, 0.25) is 6.20 Å². The summed E-state index contributed by atoms with van der Waals surface area (Å²) in [5.41, 5.74) is 0.510. The lowest BCUT2D eigenvalue weighted by atomic mass is 9.72. The van der Waals surface area contributed by atoms with E-state index in [0.717, 1.165) is 6.20 Å². The van der Waals surface area contributed by atoms with Crippen LogP contribution in [0.5, 0.6) is 0 Å². The molecule has 0 saturated carbocycles. The molecule has 2 rings (SSSR count). The molecule has 0 bridgehead atoms. The maximum absolute atomic E-state index is 13.1. The summed E-state index contributed by atoms with van der Waals surface area (Å²) in [7, 11) is 0. The smallest absolute Gasteiger partial charge is 0.334 e. The fourth-order valence-electron chi connectivity index (χ4n) is 2.97. The highest BCUT2D eigenvalue weighted by molar-refractivity contribution is 6.15. The quantitative estimate of drug-likeness (QED) is 0.327. The predicted octanol–water partition coefficient (Wildman–Crippen LogP) is 4.44. The normalized spacial score (nSPS) is 22.0. The fraction of sp³-hybridized carbons (Fsp3) is 0.182. The van der Waals surface area contributed by atoms with Gasteiger partial charge in [-0.15, -0.1) is 0 Å². The lowest BCUT2D eigenvalue weighted by molar-refractivity contribution is -0.402. The number of ketones is 1. The third-order valence-corrected chi connectivity index (χ3v) is 4.31. The number of nitro groups is 1. The number of ether oxygens (including phenoxy) is 1. The summed E-state index contributed by atoms with van der Waals surface area (Å²) in [6.07, 6.45) is 8.45. The number of carbonyl (C=O) groups excluding carboxylic acids is 2. The molecule has 0 aliphatic heterocycles.